The normalized spacial score (nSPS) is 9.40. The summed E-state index contributed by atoms with van der Waals surface area (Å²) in [7, 11) is 1.87. The maximum Gasteiger partial charge on any atom is 0.0648 e. The van der Waals surface area contributed by atoms with Crippen molar-refractivity contribution in [2.75, 3.05) is 12.4 Å². The molecule has 54 valence electrons. The van der Waals surface area contributed by atoms with Crippen molar-refractivity contribution in [3.8, 4) is 0 Å². The highest BCUT2D eigenvalue weighted by Gasteiger charge is 1.91. The summed E-state index contributed by atoms with van der Waals surface area (Å²) in [6.45, 7) is 0. The van der Waals surface area contributed by atoms with Crippen LogP contribution in [0, 0.1) is 0 Å². The smallest absolute Gasteiger partial charge is 0.0648 e. The minimum absolute atomic E-state index is 0.468. The predicted molar refractivity (Wildman–Crippen MR) is 43.3 cm³/mol. The molecule has 0 atom stereocenters. The number of nitrogens with one attached hydrogen (secondary N) is 1. The number of rotatable bonds is 2. The van der Waals surface area contributed by atoms with Crippen molar-refractivity contribution in [1.82, 2.24) is 4.98 Å². The Kier molecular flexibility index (Phi) is 2.51. The molecule has 0 aromatic carbocycles. The van der Waals surface area contributed by atoms with Gasteiger partial charge >= 0.3 is 0 Å². The van der Waals surface area contributed by atoms with Crippen LogP contribution >= 0.6 is 11.6 Å². The van der Waals surface area contributed by atoms with Crippen molar-refractivity contribution < 1.29 is 0 Å². The van der Waals surface area contributed by atoms with Crippen LogP contribution in [0.2, 0.25) is 0 Å². The topological polar surface area (TPSA) is 24.9 Å². The average molecular weight is 157 g/mol. The summed E-state index contributed by atoms with van der Waals surface area (Å²) >= 11 is 5.57. The summed E-state index contributed by atoms with van der Waals surface area (Å²) in [6.07, 6.45) is 1.74. The monoisotopic (exact) mass is 156 g/mol. The van der Waals surface area contributed by atoms with Crippen LogP contribution in [0.4, 0.5) is 5.69 Å². The molecule has 0 aliphatic heterocycles. The summed E-state index contributed by atoms with van der Waals surface area (Å²) < 4.78 is 0. The van der Waals surface area contributed by atoms with Crippen LogP contribution in [0.15, 0.2) is 18.3 Å². The Balaban J connectivity index is 2.87. The molecule has 0 aliphatic carbocycles. The highest BCUT2D eigenvalue weighted by Crippen LogP contribution is 2.07. The van der Waals surface area contributed by atoms with E-state index in [0.29, 0.717) is 5.88 Å². The Morgan fingerprint density at radius 2 is 2.50 bits per heavy atom. The number of alkyl halides is 1. The van der Waals surface area contributed by atoms with E-state index in [1.54, 1.807) is 6.20 Å². The van der Waals surface area contributed by atoms with E-state index in [1.807, 2.05) is 19.2 Å². The number of nitrogens with zero attached hydrogens (tertiary/aromatic N) is 1. The minimum Gasteiger partial charge on any atom is -0.388 e. The molecule has 0 amide bonds. The van der Waals surface area contributed by atoms with Crippen molar-refractivity contribution in [3.63, 3.8) is 0 Å². The van der Waals surface area contributed by atoms with Crippen molar-refractivity contribution in [3.05, 3.63) is 24.0 Å². The molecule has 1 aromatic heterocycles. The molecule has 0 saturated heterocycles. The van der Waals surface area contributed by atoms with Gasteiger partial charge < -0.3 is 5.32 Å². The molecular weight excluding hydrogens is 148 g/mol. The zero-order valence-electron chi connectivity index (χ0n) is 5.76. The number of aromatic nitrogens is 1. The second-order valence-electron chi connectivity index (χ2n) is 1.92. The fourth-order valence-corrected chi connectivity index (χ4v) is 0.853. The van der Waals surface area contributed by atoms with Gasteiger partial charge in [0.05, 0.1) is 11.6 Å². The first-order valence-electron chi connectivity index (χ1n) is 3.05. The van der Waals surface area contributed by atoms with E-state index in [9.17, 15) is 0 Å². The van der Waals surface area contributed by atoms with E-state index >= 15 is 0 Å². The van der Waals surface area contributed by atoms with E-state index in [4.69, 9.17) is 11.6 Å². The first-order chi connectivity index (χ1) is 4.86. The molecule has 0 saturated carbocycles. The van der Waals surface area contributed by atoms with E-state index in [2.05, 4.69) is 10.3 Å². The molecule has 0 bridgehead atoms. The van der Waals surface area contributed by atoms with Gasteiger partial charge in [-0.1, -0.05) is 0 Å². The molecule has 0 unspecified atom stereocenters. The average Bonchev–Trinajstić information content (AvgIpc) is 2.05. The SMILES string of the molecule is CNc1ccnc(CCl)c1. The molecule has 0 fully saturated rings. The van der Waals surface area contributed by atoms with Crippen LogP contribution in [0.3, 0.4) is 0 Å². The van der Waals surface area contributed by atoms with Gasteiger partial charge in [0.2, 0.25) is 0 Å². The molecule has 3 heteroatoms. The summed E-state index contributed by atoms with van der Waals surface area (Å²) in [6, 6.07) is 3.82. The van der Waals surface area contributed by atoms with Crippen LogP contribution in [0.1, 0.15) is 5.69 Å². The van der Waals surface area contributed by atoms with Gasteiger partial charge in [-0.15, -0.1) is 11.6 Å². The number of anilines is 1. The van der Waals surface area contributed by atoms with E-state index < -0.39 is 0 Å². The lowest BCUT2D eigenvalue weighted by atomic mass is 10.3. The van der Waals surface area contributed by atoms with Crippen molar-refractivity contribution in [1.29, 1.82) is 0 Å². The maximum atomic E-state index is 5.57. The lowest BCUT2D eigenvalue weighted by Gasteiger charge is -1.99. The Morgan fingerprint density at radius 1 is 1.70 bits per heavy atom. The first-order valence-corrected chi connectivity index (χ1v) is 3.59. The molecule has 0 radical (unpaired) electrons. The molecule has 1 rings (SSSR count). The van der Waals surface area contributed by atoms with Gasteiger partial charge in [0.15, 0.2) is 0 Å². The predicted octanol–water partition coefficient (Wildman–Crippen LogP) is 1.86. The van der Waals surface area contributed by atoms with Crippen molar-refractivity contribution >= 4 is 17.3 Å². The van der Waals surface area contributed by atoms with Crippen LogP contribution < -0.4 is 5.32 Å². The quantitative estimate of drug-likeness (QED) is 0.662. The van der Waals surface area contributed by atoms with Crippen LogP contribution in [-0.2, 0) is 5.88 Å². The number of hydrogen-bond donors (Lipinski definition) is 1. The zero-order valence-corrected chi connectivity index (χ0v) is 6.52. The van der Waals surface area contributed by atoms with Crippen LogP contribution in [0.5, 0.6) is 0 Å². The van der Waals surface area contributed by atoms with Gasteiger partial charge in [-0.2, -0.15) is 0 Å². The fraction of sp³-hybridized carbons (Fsp3) is 0.286. The van der Waals surface area contributed by atoms with E-state index in [0.717, 1.165) is 11.4 Å². The van der Waals surface area contributed by atoms with E-state index in [-0.39, 0.29) is 0 Å². The lowest BCUT2D eigenvalue weighted by Crippen LogP contribution is -1.90. The fourth-order valence-electron chi connectivity index (χ4n) is 0.707. The standard InChI is InChI=1S/C7H9ClN2/c1-9-6-2-3-10-7(4-6)5-8/h2-4H,5H2,1H3,(H,9,10). The molecule has 1 N–H and O–H groups in total. The Labute approximate surface area is 65.2 Å². The third-order valence-electron chi connectivity index (χ3n) is 1.24. The molecule has 0 aliphatic rings. The minimum atomic E-state index is 0.468. The highest BCUT2D eigenvalue weighted by atomic mass is 35.5. The van der Waals surface area contributed by atoms with Gasteiger partial charge in [-0.25, -0.2) is 0 Å². The Morgan fingerprint density at radius 3 is 3.10 bits per heavy atom. The van der Waals surface area contributed by atoms with Gasteiger partial charge in [0, 0.05) is 18.9 Å². The first kappa shape index (κ1) is 7.35. The number of pyridine rings is 1. The summed E-state index contributed by atoms with van der Waals surface area (Å²) in [5, 5.41) is 3.00. The third-order valence-corrected chi connectivity index (χ3v) is 1.52. The molecule has 1 aromatic rings. The van der Waals surface area contributed by atoms with Gasteiger partial charge in [0.25, 0.3) is 0 Å². The van der Waals surface area contributed by atoms with Gasteiger partial charge in [0.1, 0.15) is 0 Å². The number of halogens is 1. The molecule has 1 heterocycles. The molecular formula is C7H9ClN2. The number of hydrogen-bond acceptors (Lipinski definition) is 2. The maximum absolute atomic E-state index is 5.57. The van der Waals surface area contributed by atoms with Gasteiger partial charge in [-0.05, 0) is 12.1 Å². The third kappa shape index (κ3) is 1.61. The summed E-state index contributed by atoms with van der Waals surface area (Å²) in [5.74, 6) is 0.468. The summed E-state index contributed by atoms with van der Waals surface area (Å²) in [4.78, 5) is 4.03. The second kappa shape index (κ2) is 3.42. The van der Waals surface area contributed by atoms with Crippen molar-refractivity contribution in [2.45, 2.75) is 5.88 Å². The summed E-state index contributed by atoms with van der Waals surface area (Å²) in [5.41, 5.74) is 1.94. The second-order valence-corrected chi connectivity index (χ2v) is 2.19. The lowest BCUT2D eigenvalue weighted by molar-refractivity contribution is 1.17. The zero-order chi connectivity index (χ0) is 7.40. The van der Waals surface area contributed by atoms with E-state index in [1.165, 1.54) is 0 Å². The molecule has 2 nitrogen and oxygen atoms in total. The van der Waals surface area contributed by atoms with Gasteiger partial charge in [-0.3, -0.25) is 4.98 Å². The highest BCUT2D eigenvalue weighted by molar-refractivity contribution is 6.16. The van der Waals surface area contributed by atoms with Crippen LogP contribution in [-0.4, -0.2) is 12.0 Å². The Hall–Kier alpha value is -0.760. The Bertz CT molecular complexity index is 193. The van der Waals surface area contributed by atoms with Crippen molar-refractivity contribution in [2.24, 2.45) is 0 Å². The molecule has 10 heavy (non-hydrogen) atoms. The van der Waals surface area contributed by atoms with Crippen LogP contribution in [0.25, 0.3) is 0 Å². The molecule has 0 spiro atoms. The largest absolute Gasteiger partial charge is 0.388 e.